The van der Waals surface area contributed by atoms with Gasteiger partial charge in [-0.05, 0) is 35.4 Å². The fourth-order valence-electron chi connectivity index (χ4n) is 1.01. The molecule has 1 heterocycles. The van der Waals surface area contributed by atoms with E-state index in [1.807, 2.05) is 16.8 Å². The normalized spacial score (nSPS) is 13.4. The van der Waals surface area contributed by atoms with Crippen molar-refractivity contribution in [2.75, 3.05) is 13.1 Å². The standard InChI is InChI=1S/C9H13F2NOS/c10-9(11)8(13)5-12-3-1-7-2-4-14-6-7/h2,4,6,8-9,12-13H,1,3,5H2. The molecule has 1 rings (SSSR count). The molecule has 1 atom stereocenters. The Hall–Kier alpha value is -0.520. The van der Waals surface area contributed by atoms with Crippen LogP contribution in [-0.4, -0.2) is 30.7 Å². The third kappa shape index (κ3) is 4.13. The fourth-order valence-corrected chi connectivity index (χ4v) is 1.71. The Morgan fingerprint density at radius 1 is 1.50 bits per heavy atom. The van der Waals surface area contributed by atoms with Crippen LogP contribution < -0.4 is 5.32 Å². The monoisotopic (exact) mass is 221 g/mol. The van der Waals surface area contributed by atoms with Crippen LogP contribution in [0.5, 0.6) is 0 Å². The average molecular weight is 221 g/mol. The molecule has 1 aromatic rings. The van der Waals surface area contributed by atoms with Crippen molar-refractivity contribution in [2.45, 2.75) is 19.0 Å². The van der Waals surface area contributed by atoms with Gasteiger partial charge in [0, 0.05) is 6.54 Å². The molecule has 0 bridgehead atoms. The lowest BCUT2D eigenvalue weighted by Crippen LogP contribution is -2.33. The van der Waals surface area contributed by atoms with Crippen LogP contribution >= 0.6 is 11.3 Å². The van der Waals surface area contributed by atoms with Crippen molar-refractivity contribution < 1.29 is 13.9 Å². The van der Waals surface area contributed by atoms with Crippen molar-refractivity contribution in [3.05, 3.63) is 22.4 Å². The van der Waals surface area contributed by atoms with E-state index in [2.05, 4.69) is 5.32 Å². The minimum atomic E-state index is -2.66. The molecule has 0 aromatic carbocycles. The number of hydrogen-bond donors (Lipinski definition) is 2. The molecule has 14 heavy (non-hydrogen) atoms. The summed E-state index contributed by atoms with van der Waals surface area (Å²) in [6.45, 7) is 0.558. The van der Waals surface area contributed by atoms with Gasteiger partial charge < -0.3 is 10.4 Å². The van der Waals surface area contributed by atoms with Gasteiger partial charge in [0.1, 0.15) is 6.10 Å². The van der Waals surface area contributed by atoms with Crippen LogP contribution in [0.1, 0.15) is 5.56 Å². The molecular formula is C9H13F2NOS. The van der Waals surface area contributed by atoms with Crippen LogP contribution in [0.2, 0.25) is 0 Å². The Labute approximate surface area is 85.6 Å². The quantitative estimate of drug-likeness (QED) is 0.714. The molecule has 2 nitrogen and oxygen atoms in total. The van der Waals surface area contributed by atoms with E-state index in [1.54, 1.807) is 11.3 Å². The van der Waals surface area contributed by atoms with Crippen molar-refractivity contribution in [3.63, 3.8) is 0 Å². The Balaban J connectivity index is 2.05. The summed E-state index contributed by atoms with van der Waals surface area (Å²) in [6, 6.07) is 2.00. The zero-order chi connectivity index (χ0) is 10.4. The molecule has 0 aliphatic heterocycles. The van der Waals surface area contributed by atoms with Gasteiger partial charge in [0.25, 0.3) is 6.43 Å². The third-order valence-corrected chi connectivity index (χ3v) is 2.55. The lowest BCUT2D eigenvalue weighted by molar-refractivity contribution is -0.00308. The second kappa shape index (κ2) is 6.06. The summed E-state index contributed by atoms with van der Waals surface area (Å²) in [4.78, 5) is 0. The number of aliphatic hydroxyl groups excluding tert-OH is 1. The van der Waals surface area contributed by atoms with Crippen LogP contribution in [0, 0.1) is 0 Å². The van der Waals surface area contributed by atoms with Crippen molar-refractivity contribution in [3.8, 4) is 0 Å². The molecule has 0 spiro atoms. The maximum absolute atomic E-state index is 11.8. The Kier molecular flexibility index (Phi) is 5.00. The fraction of sp³-hybridized carbons (Fsp3) is 0.556. The highest BCUT2D eigenvalue weighted by Gasteiger charge is 2.15. The highest BCUT2D eigenvalue weighted by atomic mass is 32.1. The minimum absolute atomic E-state index is 0.0538. The largest absolute Gasteiger partial charge is 0.386 e. The van der Waals surface area contributed by atoms with Crippen molar-refractivity contribution in [1.29, 1.82) is 0 Å². The zero-order valence-electron chi connectivity index (χ0n) is 7.62. The van der Waals surface area contributed by atoms with Gasteiger partial charge in [-0.15, -0.1) is 0 Å². The lowest BCUT2D eigenvalue weighted by Gasteiger charge is -2.09. The Bertz CT molecular complexity index is 241. The molecule has 0 saturated heterocycles. The molecule has 80 valence electrons. The molecule has 5 heteroatoms. The van der Waals surface area contributed by atoms with Gasteiger partial charge in [0.05, 0.1) is 0 Å². The predicted molar refractivity (Wildman–Crippen MR) is 52.9 cm³/mol. The first-order valence-electron chi connectivity index (χ1n) is 4.38. The van der Waals surface area contributed by atoms with E-state index in [4.69, 9.17) is 5.11 Å². The molecule has 0 radical (unpaired) electrons. The van der Waals surface area contributed by atoms with Gasteiger partial charge in [0.15, 0.2) is 0 Å². The number of hydrogen-bond acceptors (Lipinski definition) is 3. The van der Waals surface area contributed by atoms with E-state index in [9.17, 15) is 8.78 Å². The third-order valence-electron chi connectivity index (χ3n) is 1.81. The number of alkyl halides is 2. The molecule has 2 N–H and O–H groups in total. The Morgan fingerprint density at radius 2 is 2.29 bits per heavy atom. The number of nitrogens with one attached hydrogen (secondary N) is 1. The molecule has 1 unspecified atom stereocenters. The van der Waals surface area contributed by atoms with Crippen LogP contribution in [-0.2, 0) is 6.42 Å². The van der Waals surface area contributed by atoms with Crippen molar-refractivity contribution in [2.24, 2.45) is 0 Å². The molecule has 0 aliphatic carbocycles. The maximum atomic E-state index is 11.8. The molecule has 0 aliphatic rings. The van der Waals surface area contributed by atoms with Gasteiger partial charge in [-0.25, -0.2) is 8.78 Å². The van der Waals surface area contributed by atoms with Crippen molar-refractivity contribution >= 4 is 11.3 Å². The number of aliphatic hydroxyl groups is 1. The summed E-state index contributed by atoms with van der Waals surface area (Å²) in [5, 5.41) is 15.5. The smallest absolute Gasteiger partial charge is 0.265 e. The van der Waals surface area contributed by atoms with E-state index < -0.39 is 12.5 Å². The van der Waals surface area contributed by atoms with Gasteiger partial charge in [-0.3, -0.25) is 0 Å². The van der Waals surface area contributed by atoms with E-state index in [0.29, 0.717) is 6.54 Å². The topological polar surface area (TPSA) is 32.3 Å². The minimum Gasteiger partial charge on any atom is -0.386 e. The first-order chi connectivity index (χ1) is 6.70. The highest BCUT2D eigenvalue weighted by molar-refractivity contribution is 7.07. The Morgan fingerprint density at radius 3 is 2.86 bits per heavy atom. The summed E-state index contributed by atoms with van der Waals surface area (Å²) in [5.74, 6) is 0. The first-order valence-corrected chi connectivity index (χ1v) is 5.32. The highest BCUT2D eigenvalue weighted by Crippen LogP contribution is 2.05. The average Bonchev–Trinajstić information content (AvgIpc) is 2.64. The van der Waals surface area contributed by atoms with E-state index in [0.717, 1.165) is 6.42 Å². The number of rotatable bonds is 6. The second-order valence-corrected chi connectivity index (χ2v) is 3.77. The second-order valence-electron chi connectivity index (χ2n) is 2.99. The molecule has 0 fully saturated rings. The van der Waals surface area contributed by atoms with E-state index in [-0.39, 0.29) is 6.54 Å². The summed E-state index contributed by atoms with van der Waals surface area (Å²) in [6.07, 6.45) is -3.42. The van der Waals surface area contributed by atoms with Crippen LogP contribution in [0.25, 0.3) is 0 Å². The van der Waals surface area contributed by atoms with Gasteiger partial charge in [0.2, 0.25) is 0 Å². The molecule has 1 aromatic heterocycles. The number of thiophene rings is 1. The van der Waals surface area contributed by atoms with Gasteiger partial charge in [-0.1, -0.05) is 0 Å². The first kappa shape index (κ1) is 11.6. The van der Waals surface area contributed by atoms with Crippen LogP contribution in [0.4, 0.5) is 8.78 Å². The predicted octanol–water partition coefficient (Wildman–Crippen LogP) is 1.51. The summed E-state index contributed by atoms with van der Waals surface area (Å²) in [5.41, 5.74) is 1.19. The lowest BCUT2D eigenvalue weighted by atomic mass is 10.2. The number of halogens is 2. The van der Waals surface area contributed by atoms with E-state index >= 15 is 0 Å². The van der Waals surface area contributed by atoms with Crippen LogP contribution in [0.3, 0.4) is 0 Å². The van der Waals surface area contributed by atoms with Gasteiger partial charge in [-0.2, -0.15) is 11.3 Å². The molecular weight excluding hydrogens is 208 g/mol. The molecule has 0 amide bonds. The van der Waals surface area contributed by atoms with E-state index in [1.165, 1.54) is 5.56 Å². The van der Waals surface area contributed by atoms with Crippen molar-refractivity contribution in [1.82, 2.24) is 5.32 Å². The zero-order valence-corrected chi connectivity index (χ0v) is 8.44. The van der Waals surface area contributed by atoms with Gasteiger partial charge >= 0.3 is 0 Å². The summed E-state index contributed by atoms with van der Waals surface area (Å²) >= 11 is 1.61. The summed E-state index contributed by atoms with van der Waals surface area (Å²) < 4.78 is 23.7. The van der Waals surface area contributed by atoms with Crippen LogP contribution in [0.15, 0.2) is 16.8 Å². The summed E-state index contributed by atoms with van der Waals surface area (Å²) in [7, 11) is 0. The maximum Gasteiger partial charge on any atom is 0.265 e. The molecule has 0 saturated carbocycles. The SMILES string of the molecule is OC(CNCCc1ccsc1)C(F)F.